The second-order valence-electron chi connectivity index (χ2n) is 4.21. The molecular weight excluding hydrogens is 238 g/mol. The van der Waals surface area contributed by atoms with E-state index in [1.807, 2.05) is 6.20 Å². The summed E-state index contributed by atoms with van der Waals surface area (Å²) in [7, 11) is 0. The Morgan fingerprint density at radius 1 is 1.25 bits per heavy atom. The van der Waals surface area contributed by atoms with E-state index in [1.165, 1.54) is 28.3 Å². The van der Waals surface area contributed by atoms with Gasteiger partial charge in [0.2, 0.25) is 0 Å². The highest BCUT2D eigenvalue weighted by molar-refractivity contribution is 7.12. The number of alkyl halides is 1. The van der Waals surface area contributed by atoms with E-state index in [9.17, 15) is 0 Å². The van der Waals surface area contributed by atoms with E-state index in [0.717, 1.165) is 0 Å². The molecule has 16 heavy (non-hydrogen) atoms. The van der Waals surface area contributed by atoms with Crippen LogP contribution in [0.3, 0.4) is 0 Å². The quantitative estimate of drug-likeness (QED) is 0.751. The van der Waals surface area contributed by atoms with Crippen molar-refractivity contribution in [3.63, 3.8) is 0 Å². The topological polar surface area (TPSA) is 12.9 Å². The molecule has 0 radical (unpaired) electrons. The van der Waals surface area contributed by atoms with Gasteiger partial charge in [0.15, 0.2) is 0 Å². The summed E-state index contributed by atoms with van der Waals surface area (Å²) >= 11 is 7.58. The van der Waals surface area contributed by atoms with Gasteiger partial charge in [0, 0.05) is 16.5 Å². The molecule has 1 aromatic carbocycles. The summed E-state index contributed by atoms with van der Waals surface area (Å²) in [6, 6.07) is 10.7. The maximum absolute atomic E-state index is 5.83. The van der Waals surface area contributed by atoms with Gasteiger partial charge in [-0.25, -0.2) is 4.98 Å². The van der Waals surface area contributed by atoms with Crippen LogP contribution in [0, 0.1) is 0 Å². The van der Waals surface area contributed by atoms with Crippen LogP contribution in [0.4, 0.5) is 0 Å². The van der Waals surface area contributed by atoms with Crippen LogP contribution in [-0.4, -0.2) is 4.98 Å². The van der Waals surface area contributed by atoms with Crippen LogP contribution in [0.15, 0.2) is 36.5 Å². The fourth-order valence-electron chi connectivity index (χ4n) is 2.10. The summed E-state index contributed by atoms with van der Waals surface area (Å²) < 4.78 is 0. The molecule has 3 heteroatoms. The number of hydrogen-bond acceptors (Lipinski definition) is 2. The third-order valence-electron chi connectivity index (χ3n) is 3.17. The lowest BCUT2D eigenvalue weighted by molar-refractivity contribution is 0.833. The number of nitrogens with zero attached hydrogens (tertiary/aromatic N) is 1. The molecule has 0 bridgehead atoms. The molecule has 0 spiro atoms. The van der Waals surface area contributed by atoms with Crippen LogP contribution in [-0.2, 0) is 11.3 Å². The molecular formula is C13H12ClNS. The molecule has 0 N–H and O–H groups in total. The standard InChI is InChI=1S/C13H12ClNS/c14-8-11-9-15-12(16-11)13(6-7-13)10-4-2-1-3-5-10/h1-5,9H,6-8H2. The van der Waals surface area contributed by atoms with Crippen molar-refractivity contribution in [1.29, 1.82) is 0 Å². The van der Waals surface area contributed by atoms with E-state index in [2.05, 4.69) is 35.3 Å². The average Bonchev–Trinajstić information content (AvgIpc) is 3.02. The molecule has 0 amide bonds. The number of benzene rings is 1. The predicted octanol–water partition coefficient (Wildman–Crippen LogP) is 3.96. The minimum atomic E-state index is 0.205. The molecule has 1 fully saturated rings. The molecule has 0 atom stereocenters. The molecule has 1 heterocycles. The molecule has 1 nitrogen and oxygen atoms in total. The molecule has 0 aliphatic heterocycles. The monoisotopic (exact) mass is 249 g/mol. The lowest BCUT2D eigenvalue weighted by Gasteiger charge is -2.11. The summed E-state index contributed by atoms with van der Waals surface area (Å²) in [5.74, 6) is 0.572. The Morgan fingerprint density at radius 3 is 2.56 bits per heavy atom. The Balaban J connectivity index is 2.00. The highest BCUT2D eigenvalue weighted by atomic mass is 35.5. The summed E-state index contributed by atoms with van der Waals surface area (Å²) in [4.78, 5) is 5.70. The molecule has 82 valence electrons. The van der Waals surface area contributed by atoms with Crippen LogP contribution in [0.25, 0.3) is 0 Å². The zero-order valence-corrected chi connectivity index (χ0v) is 10.4. The summed E-state index contributed by atoms with van der Waals surface area (Å²) in [5.41, 5.74) is 1.60. The van der Waals surface area contributed by atoms with E-state index >= 15 is 0 Å². The second-order valence-corrected chi connectivity index (χ2v) is 5.60. The highest BCUT2D eigenvalue weighted by Crippen LogP contribution is 2.54. The largest absolute Gasteiger partial charge is 0.248 e. The van der Waals surface area contributed by atoms with Crippen molar-refractivity contribution in [1.82, 2.24) is 4.98 Å². The van der Waals surface area contributed by atoms with Gasteiger partial charge in [-0.15, -0.1) is 22.9 Å². The average molecular weight is 250 g/mol. The lowest BCUT2D eigenvalue weighted by atomic mass is 9.97. The number of halogens is 1. The summed E-state index contributed by atoms with van der Waals surface area (Å²) in [6.07, 6.45) is 4.34. The van der Waals surface area contributed by atoms with E-state index in [-0.39, 0.29) is 5.41 Å². The van der Waals surface area contributed by atoms with Crippen molar-refractivity contribution in [3.05, 3.63) is 52.0 Å². The molecule has 0 saturated heterocycles. The van der Waals surface area contributed by atoms with Crippen molar-refractivity contribution in [2.75, 3.05) is 0 Å². The second kappa shape index (κ2) is 3.86. The van der Waals surface area contributed by atoms with Gasteiger partial charge < -0.3 is 0 Å². The van der Waals surface area contributed by atoms with E-state index in [4.69, 9.17) is 11.6 Å². The third-order valence-corrected chi connectivity index (χ3v) is 4.82. The molecule has 2 aromatic rings. The van der Waals surface area contributed by atoms with Crippen molar-refractivity contribution >= 4 is 22.9 Å². The highest BCUT2D eigenvalue weighted by Gasteiger charge is 2.48. The van der Waals surface area contributed by atoms with E-state index in [0.29, 0.717) is 5.88 Å². The number of hydrogen-bond donors (Lipinski definition) is 0. The minimum Gasteiger partial charge on any atom is -0.248 e. The van der Waals surface area contributed by atoms with Crippen molar-refractivity contribution in [3.8, 4) is 0 Å². The van der Waals surface area contributed by atoms with Crippen molar-refractivity contribution in [2.24, 2.45) is 0 Å². The zero-order chi connectivity index (χ0) is 11.0. The molecule has 1 aliphatic carbocycles. The Morgan fingerprint density at radius 2 is 2.00 bits per heavy atom. The molecule has 1 saturated carbocycles. The normalized spacial score (nSPS) is 17.3. The third kappa shape index (κ3) is 1.57. The molecule has 1 aliphatic rings. The summed E-state index contributed by atoms with van der Waals surface area (Å²) in [5, 5.41) is 1.23. The first-order valence-corrected chi connectivity index (χ1v) is 6.77. The zero-order valence-electron chi connectivity index (χ0n) is 8.82. The van der Waals surface area contributed by atoms with Crippen molar-refractivity contribution in [2.45, 2.75) is 24.1 Å². The Kier molecular flexibility index (Phi) is 2.49. The minimum absolute atomic E-state index is 0.205. The Hall–Kier alpha value is -0.860. The Labute approximate surface area is 104 Å². The van der Waals surface area contributed by atoms with Crippen LogP contribution < -0.4 is 0 Å². The van der Waals surface area contributed by atoms with Crippen molar-refractivity contribution < 1.29 is 0 Å². The SMILES string of the molecule is ClCc1cnc(C2(c3ccccc3)CC2)s1. The maximum Gasteiger partial charge on any atom is 0.103 e. The first kappa shape index (κ1) is 10.3. The first-order valence-electron chi connectivity index (χ1n) is 5.42. The smallest absolute Gasteiger partial charge is 0.103 e. The molecule has 1 aromatic heterocycles. The van der Waals surface area contributed by atoms with E-state index < -0.39 is 0 Å². The Bertz CT molecular complexity index is 488. The van der Waals surface area contributed by atoms with Gasteiger partial charge >= 0.3 is 0 Å². The van der Waals surface area contributed by atoms with Crippen LogP contribution in [0.1, 0.15) is 28.3 Å². The van der Waals surface area contributed by atoms with Gasteiger partial charge in [-0.3, -0.25) is 0 Å². The van der Waals surface area contributed by atoms with Gasteiger partial charge in [0.05, 0.1) is 5.88 Å². The first-order chi connectivity index (χ1) is 7.85. The van der Waals surface area contributed by atoms with Crippen LogP contribution in [0.2, 0.25) is 0 Å². The molecule has 0 unspecified atom stereocenters. The van der Waals surface area contributed by atoms with Gasteiger partial charge in [-0.05, 0) is 18.4 Å². The predicted molar refractivity (Wildman–Crippen MR) is 68.1 cm³/mol. The summed E-state index contributed by atoms with van der Waals surface area (Å²) in [6.45, 7) is 0. The fourth-order valence-corrected chi connectivity index (χ4v) is 3.36. The number of thiazole rings is 1. The van der Waals surface area contributed by atoms with Gasteiger partial charge in [0.25, 0.3) is 0 Å². The van der Waals surface area contributed by atoms with Crippen LogP contribution >= 0.6 is 22.9 Å². The van der Waals surface area contributed by atoms with Gasteiger partial charge in [-0.2, -0.15) is 0 Å². The fraction of sp³-hybridized carbons (Fsp3) is 0.308. The van der Waals surface area contributed by atoms with E-state index in [1.54, 1.807) is 11.3 Å². The number of rotatable bonds is 3. The molecule has 3 rings (SSSR count). The van der Waals surface area contributed by atoms with Gasteiger partial charge in [0.1, 0.15) is 5.01 Å². The van der Waals surface area contributed by atoms with Gasteiger partial charge in [-0.1, -0.05) is 30.3 Å². The number of aromatic nitrogens is 1. The lowest BCUT2D eigenvalue weighted by Crippen LogP contribution is -2.07. The maximum atomic E-state index is 5.83. The van der Waals surface area contributed by atoms with Crippen LogP contribution in [0.5, 0.6) is 0 Å².